The molecule has 1 aromatic rings. The molecule has 2 aliphatic rings. The van der Waals surface area contributed by atoms with Crippen molar-refractivity contribution in [2.24, 2.45) is 17.8 Å². The van der Waals surface area contributed by atoms with E-state index in [-0.39, 0.29) is 35.5 Å². The molecule has 3 rings (SSSR count). The number of aliphatic hydroxyl groups is 2. The average molecular weight is 495 g/mol. The van der Waals surface area contributed by atoms with Crippen LogP contribution in [0.2, 0.25) is 0 Å². The summed E-state index contributed by atoms with van der Waals surface area (Å²) in [7, 11) is 1.46. The average Bonchev–Trinajstić information content (AvgIpc) is 3.53. The van der Waals surface area contributed by atoms with Crippen molar-refractivity contribution in [2.75, 3.05) is 7.11 Å². The van der Waals surface area contributed by atoms with Gasteiger partial charge in [-0.15, -0.1) is 0 Å². The molecule has 196 valence electrons. The summed E-state index contributed by atoms with van der Waals surface area (Å²) >= 11 is 0. The summed E-state index contributed by atoms with van der Waals surface area (Å²) in [6, 6.07) is 1.36. The van der Waals surface area contributed by atoms with Gasteiger partial charge >= 0.3 is 0 Å². The minimum Gasteiger partial charge on any atom is -0.507 e. The summed E-state index contributed by atoms with van der Waals surface area (Å²) in [5, 5.41) is 43.0. The van der Waals surface area contributed by atoms with Gasteiger partial charge in [0.25, 0.3) is 0 Å². The van der Waals surface area contributed by atoms with Crippen LogP contribution < -0.4 is 0 Å². The Kier molecular flexibility index (Phi) is 8.28. The van der Waals surface area contributed by atoms with E-state index < -0.39 is 59.0 Å². The predicted octanol–water partition coefficient (Wildman–Crippen LogP) is 3.11. The number of phenols is 2. The lowest BCUT2D eigenvalue weighted by atomic mass is 9.78. The number of epoxide rings is 1. The Morgan fingerprint density at radius 1 is 1.23 bits per heavy atom. The van der Waals surface area contributed by atoms with Gasteiger partial charge in [-0.25, -0.2) is 0 Å². The molecule has 1 spiro atoms. The maximum atomic E-state index is 13.9. The molecule has 2 aliphatic heterocycles. The molecule has 9 nitrogen and oxygen atoms in total. The first kappa shape index (κ1) is 27.5. The fraction of sp³-hybridized carbons (Fsp3) is 0.692. The van der Waals surface area contributed by atoms with Crippen LogP contribution in [0, 0.1) is 17.8 Å². The van der Waals surface area contributed by atoms with Gasteiger partial charge in [-0.1, -0.05) is 34.6 Å². The highest BCUT2D eigenvalue weighted by Gasteiger charge is 2.68. The number of Topliss-reactive ketones (excluding diaryl/α,β-unsaturated/α-hetero) is 1. The summed E-state index contributed by atoms with van der Waals surface area (Å²) in [4.78, 5) is 25.6. The molecule has 0 saturated carbocycles. The summed E-state index contributed by atoms with van der Waals surface area (Å²) in [5.74, 6) is -2.46. The molecule has 4 N–H and O–H groups in total. The zero-order valence-corrected chi connectivity index (χ0v) is 21.2. The number of benzene rings is 1. The summed E-state index contributed by atoms with van der Waals surface area (Å²) in [6.45, 7) is 9.46. The number of rotatable bonds is 10. The molecule has 35 heavy (non-hydrogen) atoms. The molecule has 2 heterocycles. The highest BCUT2D eigenvalue weighted by Crippen LogP contribution is 2.51. The van der Waals surface area contributed by atoms with Gasteiger partial charge in [-0.3, -0.25) is 9.59 Å². The van der Waals surface area contributed by atoms with E-state index in [0.717, 1.165) is 0 Å². The van der Waals surface area contributed by atoms with Crippen LogP contribution >= 0.6 is 0 Å². The van der Waals surface area contributed by atoms with Gasteiger partial charge in [0.1, 0.15) is 11.5 Å². The van der Waals surface area contributed by atoms with Gasteiger partial charge in [0.15, 0.2) is 24.0 Å². The van der Waals surface area contributed by atoms with Crippen LogP contribution in [0.1, 0.15) is 86.3 Å². The standard InChI is InChI=1S/C26H38O9/c1-7-20-26(35-20)19(28)10-18(34-25(26)32)14(8-12(2)3)21(29)15-9-16(24(33-6)13(4)5)23(31)17(11-27)22(15)30/h9,11-14,18-20,24-25,28,30-32H,7-8,10H2,1-6H3/t14-,18-,19-,20+,24?,25-,26+/m1/s1. The lowest BCUT2D eigenvalue weighted by molar-refractivity contribution is -0.239. The number of methoxy groups -OCH3 is 1. The van der Waals surface area contributed by atoms with Crippen molar-refractivity contribution in [3.05, 3.63) is 22.8 Å². The molecule has 1 unspecified atom stereocenters. The van der Waals surface area contributed by atoms with Crippen LogP contribution in [0.5, 0.6) is 11.5 Å². The molecule has 2 saturated heterocycles. The van der Waals surface area contributed by atoms with Gasteiger partial charge in [-0.05, 0) is 30.7 Å². The van der Waals surface area contributed by atoms with Crippen molar-refractivity contribution in [1.82, 2.24) is 0 Å². The van der Waals surface area contributed by atoms with Gasteiger partial charge in [0.05, 0.1) is 35.5 Å². The third-order valence-electron chi connectivity index (χ3n) is 7.23. The minimum atomic E-state index is -1.41. The first-order valence-electron chi connectivity index (χ1n) is 12.2. The van der Waals surface area contributed by atoms with Crippen molar-refractivity contribution in [2.45, 2.75) is 90.2 Å². The molecule has 0 bridgehead atoms. The highest BCUT2D eigenvalue weighted by molar-refractivity contribution is 6.04. The Bertz CT molecular complexity index is 929. The van der Waals surface area contributed by atoms with Gasteiger partial charge in [-0.2, -0.15) is 0 Å². The number of hydrogen-bond donors (Lipinski definition) is 4. The Balaban J connectivity index is 2.02. The van der Waals surface area contributed by atoms with Crippen molar-refractivity contribution in [3.8, 4) is 11.5 Å². The SMILES string of the molecule is CC[C@@H]1O[C@@]12[C@H](O)C[C@H]([C@@H](CC(C)C)C(=O)c1cc(C(OC)C(C)C)c(O)c(C=O)c1O)O[C@H]2O. The first-order chi connectivity index (χ1) is 16.4. The summed E-state index contributed by atoms with van der Waals surface area (Å²) < 4.78 is 16.9. The monoisotopic (exact) mass is 494 g/mol. The van der Waals surface area contributed by atoms with Crippen LogP contribution in [0.25, 0.3) is 0 Å². The summed E-state index contributed by atoms with van der Waals surface area (Å²) in [5.41, 5.74) is -1.50. The quantitative estimate of drug-likeness (QED) is 0.219. The second-order valence-corrected chi connectivity index (χ2v) is 10.4. The molecule has 0 radical (unpaired) electrons. The molecular formula is C26H38O9. The van der Waals surface area contributed by atoms with Crippen molar-refractivity contribution >= 4 is 12.1 Å². The van der Waals surface area contributed by atoms with E-state index in [1.54, 1.807) is 0 Å². The van der Waals surface area contributed by atoms with E-state index in [4.69, 9.17) is 14.2 Å². The number of hydrogen-bond acceptors (Lipinski definition) is 9. The van der Waals surface area contributed by atoms with Crippen LogP contribution in [0.15, 0.2) is 6.07 Å². The molecule has 2 fully saturated rings. The highest BCUT2D eigenvalue weighted by atomic mass is 16.7. The lowest BCUT2D eigenvalue weighted by Crippen LogP contribution is -2.55. The summed E-state index contributed by atoms with van der Waals surface area (Å²) in [6.07, 6.45) is -2.92. The number of carbonyl (C=O) groups is 2. The molecule has 0 aromatic heterocycles. The number of aromatic hydroxyl groups is 2. The smallest absolute Gasteiger partial charge is 0.189 e. The fourth-order valence-corrected chi connectivity index (χ4v) is 5.40. The van der Waals surface area contributed by atoms with Crippen LogP contribution in [-0.4, -0.2) is 69.8 Å². The Morgan fingerprint density at radius 2 is 1.89 bits per heavy atom. The van der Waals surface area contributed by atoms with E-state index in [2.05, 4.69) is 0 Å². The number of ketones is 1. The first-order valence-corrected chi connectivity index (χ1v) is 12.2. The van der Waals surface area contributed by atoms with E-state index in [9.17, 15) is 30.0 Å². The van der Waals surface area contributed by atoms with Crippen LogP contribution in [-0.2, 0) is 14.2 Å². The number of aliphatic hydroxyl groups excluding tert-OH is 2. The van der Waals surface area contributed by atoms with Gasteiger partial charge < -0.3 is 34.6 Å². The van der Waals surface area contributed by atoms with Crippen molar-refractivity contribution in [1.29, 1.82) is 0 Å². The Hall–Kier alpha value is -2.04. The maximum Gasteiger partial charge on any atom is 0.189 e. The second-order valence-electron chi connectivity index (χ2n) is 10.4. The third-order valence-corrected chi connectivity index (χ3v) is 7.23. The van der Waals surface area contributed by atoms with Crippen molar-refractivity contribution in [3.63, 3.8) is 0 Å². The topological polar surface area (TPSA) is 146 Å². The normalized spacial score (nSPS) is 30.0. The second kappa shape index (κ2) is 10.5. The third kappa shape index (κ3) is 4.84. The molecular weight excluding hydrogens is 456 g/mol. The van der Waals surface area contributed by atoms with E-state index in [1.807, 2.05) is 34.6 Å². The predicted molar refractivity (Wildman–Crippen MR) is 126 cm³/mol. The van der Waals surface area contributed by atoms with Gasteiger partial charge in [0.2, 0.25) is 0 Å². The van der Waals surface area contributed by atoms with E-state index >= 15 is 0 Å². The molecule has 0 aliphatic carbocycles. The molecule has 7 atom stereocenters. The van der Waals surface area contributed by atoms with E-state index in [0.29, 0.717) is 19.1 Å². The Labute approximate surface area is 206 Å². The number of aldehydes is 1. The zero-order valence-electron chi connectivity index (χ0n) is 21.2. The maximum absolute atomic E-state index is 13.9. The minimum absolute atomic E-state index is 0.0462. The number of phenolic OH excluding ortho intramolecular Hbond substituents is 2. The number of ether oxygens (including phenoxy) is 3. The number of carbonyl (C=O) groups excluding carboxylic acids is 2. The largest absolute Gasteiger partial charge is 0.507 e. The molecule has 1 aromatic carbocycles. The Morgan fingerprint density at radius 3 is 2.34 bits per heavy atom. The lowest BCUT2D eigenvalue weighted by Gasteiger charge is -2.39. The van der Waals surface area contributed by atoms with E-state index in [1.165, 1.54) is 13.2 Å². The zero-order chi connectivity index (χ0) is 26.2. The van der Waals surface area contributed by atoms with Crippen LogP contribution in [0.4, 0.5) is 0 Å². The molecule has 9 heteroatoms. The molecule has 0 amide bonds. The van der Waals surface area contributed by atoms with Crippen LogP contribution in [0.3, 0.4) is 0 Å². The van der Waals surface area contributed by atoms with Gasteiger partial charge in [0, 0.05) is 25.0 Å². The fourth-order valence-electron chi connectivity index (χ4n) is 5.40. The van der Waals surface area contributed by atoms with Crippen molar-refractivity contribution < 1.29 is 44.2 Å².